The van der Waals surface area contributed by atoms with Crippen molar-refractivity contribution >= 4 is 15.9 Å². The highest BCUT2D eigenvalue weighted by Crippen LogP contribution is 2.46. The topological polar surface area (TPSA) is 24.5 Å². The van der Waals surface area contributed by atoms with Crippen molar-refractivity contribution in [1.29, 1.82) is 0 Å². The zero-order valence-corrected chi connectivity index (χ0v) is 13.4. The summed E-state index contributed by atoms with van der Waals surface area (Å²) in [7, 11) is 2.06. The second-order valence-electron chi connectivity index (χ2n) is 6.46. The third-order valence-electron chi connectivity index (χ3n) is 5.01. The summed E-state index contributed by atoms with van der Waals surface area (Å²) in [6.45, 7) is 2.30. The van der Waals surface area contributed by atoms with E-state index in [1.807, 2.05) is 0 Å². The first-order valence-electron chi connectivity index (χ1n) is 7.59. The van der Waals surface area contributed by atoms with Crippen molar-refractivity contribution in [3.63, 3.8) is 0 Å². The number of rotatable bonds is 2. The van der Waals surface area contributed by atoms with E-state index in [4.69, 9.17) is 4.74 Å². The summed E-state index contributed by atoms with van der Waals surface area (Å²) in [4.78, 5) is 2.64. The Morgan fingerprint density at radius 2 is 2.25 bits per heavy atom. The van der Waals surface area contributed by atoms with Crippen LogP contribution < -0.4 is 10.1 Å². The molecule has 1 saturated heterocycles. The maximum Gasteiger partial charge on any atom is 0.125 e. The molecule has 2 heterocycles. The van der Waals surface area contributed by atoms with E-state index in [0.29, 0.717) is 6.04 Å². The van der Waals surface area contributed by atoms with E-state index in [-0.39, 0.29) is 5.60 Å². The van der Waals surface area contributed by atoms with Crippen LogP contribution >= 0.6 is 15.9 Å². The third-order valence-corrected chi connectivity index (χ3v) is 5.50. The van der Waals surface area contributed by atoms with Crippen LogP contribution in [0.1, 0.15) is 37.3 Å². The van der Waals surface area contributed by atoms with Gasteiger partial charge in [-0.3, -0.25) is 4.90 Å². The molecule has 4 rings (SSSR count). The molecule has 2 fully saturated rings. The Bertz CT molecular complexity index is 531. The summed E-state index contributed by atoms with van der Waals surface area (Å²) in [6, 6.07) is 7.63. The summed E-state index contributed by atoms with van der Waals surface area (Å²) in [6.07, 6.45) is 5.01. The number of hydrogen-bond acceptors (Lipinski definition) is 3. The lowest BCUT2D eigenvalue weighted by molar-refractivity contribution is 0.0388. The van der Waals surface area contributed by atoms with E-state index in [2.05, 4.69) is 51.4 Å². The number of fused-ring (bicyclic) bond motifs is 1. The first-order chi connectivity index (χ1) is 9.69. The fourth-order valence-corrected chi connectivity index (χ4v) is 4.15. The summed E-state index contributed by atoms with van der Waals surface area (Å²) >= 11 is 3.57. The normalized spacial score (nSPS) is 33.2. The van der Waals surface area contributed by atoms with Gasteiger partial charge in [-0.15, -0.1) is 0 Å². The number of hydrogen-bond donors (Lipinski definition) is 1. The molecule has 1 aromatic rings. The molecule has 108 valence electrons. The largest absolute Gasteiger partial charge is 0.485 e. The van der Waals surface area contributed by atoms with Crippen molar-refractivity contribution in [3.8, 4) is 5.75 Å². The molecular weight excluding hydrogens is 316 g/mol. The van der Waals surface area contributed by atoms with E-state index in [1.165, 1.54) is 24.9 Å². The highest BCUT2D eigenvalue weighted by atomic mass is 79.9. The van der Waals surface area contributed by atoms with Gasteiger partial charge in [-0.1, -0.05) is 15.9 Å². The molecule has 1 aromatic carbocycles. The number of nitrogens with zero attached hydrogens (tertiary/aromatic N) is 1. The molecule has 1 aliphatic carbocycles. The van der Waals surface area contributed by atoms with Crippen LogP contribution in [0.25, 0.3) is 0 Å². The zero-order chi connectivity index (χ0) is 13.7. The minimum Gasteiger partial charge on any atom is -0.485 e. The number of benzene rings is 1. The molecule has 1 saturated carbocycles. The quantitative estimate of drug-likeness (QED) is 0.898. The number of likely N-dealkylation sites (tertiary alicyclic amines) is 1. The minimum absolute atomic E-state index is 0.0249. The van der Waals surface area contributed by atoms with Gasteiger partial charge < -0.3 is 10.1 Å². The molecule has 1 N–H and O–H groups in total. The van der Waals surface area contributed by atoms with Gasteiger partial charge >= 0.3 is 0 Å². The maximum atomic E-state index is 6.47. The summed E-state index contributed by atoms with van der Waals surface area (Å²) in [5.74, 6) is 1.07. The fourth-order valence-electron chi connectivity index (χ4n) is 3.78. The zero-order valence-electron chi connectivity index (χ0n) is 11.9. The summed E-state index contributed by atoms with van der Waals surface area (Å²) < 4.78 is 7.60. The molecule has 0 amide bonds. The smallest absolute Gasteiger partial charge is 0.125 e. The highest BCUT2D eigenvalue weighted by molar-refractivity contribution is 9.10. The Labute approximate surface area is 128 Å². The molecular formula is C16H21BrN2O. The standard InChI is InChI=1S/C16H21BrN2O/c1-18-14-9-16(6-7-19(10-16)12-3-4-12)20-15-5-2-11(17)8-13(14)15/h2,5,8,12,14,18H,3-4,6-7,9-10H2,1H3. The molecule has 0 radical (unpaired) electrons. The Morgan fingerprint density at radius 1 is 1.40 bits per heavy atom. The molecule has 3 nitrogen and oxygen atoms in total. The van der Waals surface area contributed by atoms with Gasteiger partial charge in [-0.2, -0.15) is 0 Å². The molecule has 1 spiro atoms. The van der Waals surface area contributed by atoms with Crippen LogP contribution in [0, 0.1) is 0 Å². The van der Waals surface area contributed by atoms with Gasteiger partial charge in [0, 0.05) is 48.1 Å². The lowest BCUT2D eigenvalue weighted by Crippen LogP contribution is -2.46. The van der Waals surface area contributed by atoms with Gasteiger partial charge in [0.1, 0.15) is 11.4 Å². The van der Waals surface area contributed by atoms with Crippen LogP contribution in [-0.4, -0.2) is 36.7 Å². The molecule has 20 heavy (non-hydrogen) atoms. The van der Waals surface area contributed by atoms with Crippen LogP contribution in [0.4, 0.5) is 0 Å². The van der Waals surface area contributed by atoms with Gasteiger partial charge in [0.05, 0.1) is 0 Å². The Balaban J connectivity index is 1.63. The first-order valence-corrected chi connectivity index (χ1v) is 8.38. The van der Waals surface area contributed by atoms with Crippen molar-refractivity contribution in [2.45, 2.75) is 43.4 Å². The van der Waals surface area contributed by atoms with Gasteiger partial charge in [0.25, 0.3) is 0 Å². The summed E-state index contributed by atoms with van der Waals surface area (Å²) in [5, 5.41) is 3.48. The Morgan fingerprint density at radius 3 is 3.00 bits per heavy atom. The molecule has 3 aliphatic rings. The first kappa shape index (κ1) is 13.1. The number of ether oxygens (including phenoxy) is 1. The van der Waals surface area contributed by atoms with Crippen LogP contribution in [0.5, 0.6) is 5.75 Å². The van der Waals surface area contributed by atoms with Crippen molar-refractivity contribution in [2.75, 3.05) is 20.1 Å². The van der Waals surface area contributed by atoms with Gasteiger partial charge in [0.15, 0.2) is 0 Å². The predicted molar refractivity (Wildman–Crippen MR) is 83.1 cm³/mol. The van der Waals surface area contributed by atoms with E-state index >= 15 is 0 Å². The molecule has 0 bridgehead atoms. The number of nitrogens with one attached hydrogen (secondary N) is 1. The lowest BCUT2D eigenvalue weighted by Gasteiger charge is -2.40. The third kappa shape index (κ3) is 2.18. The second kappa shape index (κ2) is 4.72. The van der Waals surface area contributed by atoms with E-state index in [1.54, 1.807) is 0 Å². The van der Waals surface area contributed by atoms with Crippen molar-refractivity contribution in [2.24, 2.45) is 0 Å². The van der Waals surface area contributed by atoms with Crippen molar-refractivity contribution < 1.29 is 4.74 Å². The monoisotopic (exact) mass is 336 g/mol. The Hall–Kier alpha value is -0.580. The Kier molecular flexibility index (Phi) is 3.09. The predicted octanol–water partition coefficient (Wildman–Crippen LogP) is 3.10. The molecule has 0 aromatic heterocycles. The minimum atomic E-state index is 0.0249. The molecule has 2 aliphatic heterocycles. The number of halogens is 1. The molecule has 2 unspecified atom stereocenters. The second-order valence-corrected chi connectivity index (χ2v) is 7.38. The average Bonchev–Trinajstić information content (AvgIpc) is 3.22. The highest BCUT2D eigenvalue weighted by Gasteiger charge is 2.48. The van der Waals surface area contributed by atoms with Crippen molar-refractivity contribution in [1.82, 2.24) is 10.2 Å². The fraction of sp³-hybridized carbons (Fsp3) is 0.625. The van der Waals surface area contributed by atoms with E-state index in [0.717, 1.165) is 35.7 Å². The van der Waals surface area contributed by atoms with Gasteiger partial charge in [-0.05, 0) is 38.1 Å². The van der Waals surface area contributed by atoms with Crippen LogP contribution in [0.15, 0.2) is 22.7 Å². The SMILES string of the molecule is CNC1CC2(CCN(C3CC3)C2)Oc2ccc(Br)cc21. The van der Waals surface area contributed by atoms with Crippen LogP contribution in [0.3, 0.4) is 0 Å². The van der Waals surface area contributed by atoms with Crippen molar-refractivity contribution in [3.05, 3.63) is 28.2 Å². The van der Waals surface area contributed by atoms with E-state index in [9.17, 15) is 0 Å². The molecule has 4 heteroatoms. The maximum absolute atomic E-state index is 6.47. The molecule has 2 atom stereocenters. The van der Waals surface area contributed by atoms with Crippen LogP contribution in [0.2, 0.25) is 0 Å². The van der Waals surface area contributed by atoms with E-state index < -0.39 is 0 Å². The summed E-state index contributed by atoms with van der Waals surface area (Å²) in [5.41, 5.74) is 1.31. The van der Waals surface area contributed by atoms with Gasteiger partial charge in [0.2, 0.25) is 0 Å². The average molecular weight is 337 g/mol. The lowest BCUT2D eigenvalue weighted by atomic mass is 9.86. The van der Waals surface area contributed by atoms with Crippen LogP contribution in [-0.2, 0) is 0 Å². The van der Waals surface area contributed by atoms with Gasteiger partial charge in [-0.25, -0.2) is 0 Å².